The lowest BCUT2D eigenvalue weighted by Gasteiger charge is -2.42. The number of ether oxygens (including phenoxy) is 2. The highest BCUT2D eigenvalue weighted by Crippen LogP contribution is 2.37. The molecule has 0 radical (unpaired) electrons. The van der Waals surface area contributed by atoms with Gasteiger partial charge in [-0.2, -0.15) is 0 Å². The van der Waals surface area contributed by atoms with Crippen LogP contribution in [-0.2, 0) is 9.53 Å². The SMILES string of the molecule is O=C(CC1(COc2ccccc2)CCN(C(=O)c2ccc(-c3ccccc3F)o2)CC1)N1CCOCC1. The van der Waals surface area contributed by atoms with E-state index >= 15 is 0 Å². The molecule has 2 amide bonds. The van der Waals surface area contributed by atoms with Crippen LogP contribution in [0.2, 0.25) is 0 Å². The van der Waals surface area contributed by atoms with Gasteiger partial charge in [-0.25, -0.2) is 4.39 Å². The molecule has 2 aromatic carbocycles. The van der Waals surface area contributed by atoms with Crippen molar-refractivity contribution in [3.05, 3.63) is 78.3 Å². The monoisotopic (exact) mass is 506 g/mol. The number of hydrogen-bond donors (Lipinski definition) is 0. The van der Waals surface area contributed by atoms with Crippen LogP contribution in [0.15, 0.2) is 71.1 Å². The largest absolute Gasteiger partial charge is 0.493 e. The second kappa shape index (κ2) is 11.2. The predicted octanol–water partition coefficient (Wildman–Crippen LogP) is 4.64. The van der Waals surface area contributed by atoms with E-state index in [1.165, 1.54) is 6.07 Å². The predicted molar refractivity (Wildman–Crippen MR) is 136 cm³/mol. The summed E-state index contributed by atoms with van der Waals surface area (Å²) in [7, 11) is 0. The van der Waals surface area contributed by atoms with Crippen LogP contribution in [0.4, 0.5) is 4.39 Å². The van der Waals surface area contributed by atoms with Crippen molar-refractivity contribution in [3.8, 4) is 17.1 Å². The first-order valence-corrected chi connectivity index (χ1v) is 12.7. The van der Waals surface area contributed by atoms with E-state index in [2.05, 4.69) is 0 Å². The van der Waals surface area contributed by atoms with Crippen molar-refractivity contribution in [2.45, 2.75) is 19.3 Å². The van der Waals surface area contributed by atoms with Crippen molar-refractivity contribution < 1.29 is 27.9 Å². The highest BCUT2D eigenvalue weighted by atomic mass is 19.1. The quantitative estimate of drug-likeness (QED) is 0.467. The number of halogens is 1. The van der Waals surface area contributed by atoms with Crippen LogP contribution in [0.3, 0.4) is 0 Å². The summed E-state index contributed by atoms with van der Waals surface area (Å²) in [5.41, 5.74) is -0.0670. The Morgan fingerprint density at radius 2 is 1.57 bits per heavy atom. The van der Waals surface area contributed by atoms with Crippen molar-refractivity contribution >= 4 is 11.8 Å². The number of morpholine rings is 1. The van der Waals surface area contributed by atoms with Gasteiger partial charge in [-0.1, -0.05) is 30.3 Å². The molecule has 0 bridgehead atoms. The maximum atomic E-state index is 14.2. The lowest BCUT2D eigenvalue weighted by molar-refractivity contribution is -0.139. The molecule has 2 aliphatic rings. The minimum Gasteiger partial charge on any atom is -0.493 e. The minimum atomic E-state index is -0.401. The molecule has 1 aromatic heterocycles. The lowest BCUT2D eigenvalue weighted by atomic mass is 9.75. The van der Waals surface area contributed by atoms with E-state index in [4.69, 9.17) is 13.9 Å². The summed E-state index contributed by atoms with van der Waals surface area (Å²) < 4.78 is 31.4. The molecule has 2 aliphatic heterocycles. The van der Waals surface area contributed by atoms with Crippen molar-refractivity contribution in [1.82, 2.24) is 9.80 Å². The first kappa shape index (κ1) is 25.0. The summed E-state index contributed by atoms with van der Waals surface area (Å²) in [5, 5.41) is 0. The first-order valence-electron chi connectivity index (χ1n) is 12.7. The molecule has 2 fully saturated rings. The molecule has 3 heterocycles. The van der Waals surface area contributed by atoms with Crippen molar-refractivity contribution in [2.24, 2.45) is 5.41 Å². The molecular formula is C29H31FN2O5. The standard InChI is InChI=1S/C29H31FN2O5/c30-24-9-5-4-8-23(24)25-10-11-26(37-25)28(34)32-14-12-29(13-15-32,21-36-22-6-2-1-3-7-22)20-27(33)31-16-18-35-19-17-31/h1-11H,12-21H2. The number of likely N-dealkylation sites (tertiary alicyclic amines) is 1. The highest BCUT2D eigenvalue weighted by Gasteiger charge is 2.40. The number of furan rings is 1. The fraction of sp³-hybridized carbons (Fsp3) is 0.379. The van der Waals surface area contributed by atoms with Crippen LogP contribution in [0.25, 0.3) is 11.3 Å². The number of hydrogen-bond acceptors (Lipinski definition) is 5. The van der Waals surface area contributed by atoms with Gasteiger partial charge in [-0.05, 0) is 49.2 Å². The summed E-state index contributed by atoms with van der Waals surface area (Å²) in [4.78, 5) is 30.0. The van der Waals surface area contributed by atoms with Crippen LogP contribution in [0.5, 0.6) is 5.75 Å². The van der Waals surface area contributed by atoms with Gasteiger partial charge in [-0.3, -0.25) is 9.59 Å². The summed E-state index contributed by atoms with van der Waals surface area (Å²) >= 11 is 0. The second-order valence-corrected chi connectivity index (χ2v) is 9.71. The van der Waals surface area contributed by atoms with Gasteiger partial charge in [0.25, 0.3) is 5.91 Å². The molecule has 5 rings (SSSR count). The van der Waals surface area contributed by atoms with Crippen LogP contribution >= 0.6 is 0 Å². The first-order chi connectivity index (χ1) is 18.0. The molecule has 0 unspecified atom stereocenters. The summed E-state index contributed by atoms with van der Waals surface area (Å²) in [6.07, 6.45) is 1.62. The lowest BCUT2D eigenvalue weighted by Crippen LogP contribution is -2.49. The average molecular weight is 507 g/mol. The third kappa shape index (κ3) is 5.85. The number of nitrogens with zero attached hydrogens (tertiary/aromatic N) is 2. The molecule has 8 heteroatoms. The Kier molecular flexibility index (Phi) is 7.55. The maximum absolute atomic E-state index is 14.2. The Morgan fingerprint density at radius 3 is 2.30 bits per heavy atom. The van der Waals surface area contributed by atoms with E-state index < -0.39 is 5.82 Å². The topological polar surface area (TPSA) is 72.2 Å². The molecule has 3 aromatic rings. The van der Waals surface area contributed by atoms with Gasteiger partial charge in [0.15, 0.2) is 5.76 Å². The minimum absolute atomic E-state index is 0.0975. The molecule has 37 heavy (non-hydrogen) atoms. The van der Waals surface area contributed by atoms with E-state index in [1.54, 1.807) is 35.2 Å². The van der Waals surface area contributed by atoms with Crippen molar-refractivity contribution in [1.29, 1.82) is 0 Å². The molecule has 0 aliphatic carbocycles. The molecule has 7 nitrogen and oxygen atoms in total. The van der Waals surface area contributed by atoms with Crippen LogP contribution in [0.1, 0.15) is 29.8 Å². The van der Waals surface area contributed by atoms with Crippen LogP contribution < -0.4 is 4.74 Å². The Balaban J connectivity index is 1.27. The van der Waals surface area contributed by atoms with Gasteiger partial charge in [0, 0.05) is 38.0 Å². The molecule has 194 valence electrons. The number of benzene rings is 2. The molecule has 0 atom stereocenters. The number of carbonyl (C=O) groups excluding carboxylic acids is 2. The van der Waals surface area contributed by atoms with Crippen LogP contribution in [-0.4, -0.2) is 67.6 Å². The Labute approximate surface area is 215 Å². The number of para-hydroxylation sites is 1. The molecule has 0 saturated carbocycles. The number of amides is 2. The van der Waals surface area contributed by atoms with Gasteiger partial charge < -0.3 is 23.7 Å². The van der Waals surface area contributed by atoms with E-state index in [0.717, 1.165) is 5.75 Å². The van der Waals surface area contributed by atoms with Crippen molar-refractivity contribution in [2.75, 3.05) is 46.0 Å². The maximum Gasteiger partial charge on any atom is 0.289 e. The summed E-state index contributed by atoms with van der Waals surface area (Å²) in [6.45, 7) is 3.66. The van der Waals surface area contributed by atoms with Crippen molar-refractivity contribution in [3.63, 3.8) is 0 Å². The molecule has 0 N–H and O–H groups in total. The zero-order valence-corrected chi connectivity index (χ0v) is 20.7. The Bertz CT molecular complexity index is 1210. The van der Waals surface area contributed by atoms with E-state index in [9.17, 15) is 14.0 Å². The van der Waals surface area contributed by atoms with Gasteiger partial charge in [0.1, 0.15) is 17.3 Å². The third-order valence-electron chi connectivity index (χ3n) is 7.25. The number of piperidine rings is 1. The second-order valence-electron chi connectivity index (χ2n) is 9.71. The summed E-state index contributed by atoms with van der Waals surface area (Å²) in [5.74, 6) is 0.716. The normalized spacial score (nSPS) is 17.4. The van der Waals surface area contributed by atoms with E-state index in [0.29, 0.717) is 76.6 Å². The van der Waals surface area contributed by atoms with Gasteiger partial charge in [0.2, 0.25) is 5.91 Å². The van der Waals surface area contributed by atoms with Gasteiger partial charge in [0.05, 0.1) is 25.4 Å². The summed E-state index contributed by atoms with van der Waals surface area (Å²) in [6, 6.07) is 19.1. The van der Waals surface area contributed by atoms with Gasteiger partial charge >= 0.3 is 0 Å². The fourth-order valence-corrected chi connectivity index (χ4v) is 4.97. The fourth-order valence-electron chi connectivity index (χ4n) is 4.97. The molecule has 2 saturated heterocycles. The number of carbonyl (C=O) groups is 2. The van der Waals surface area contributed by atoms with Crippen LogP contribution in [0, 0.1) is 11.2 Å². The third-order valence-corrected chi connectivity index (χ3v) is 7.25. The van der Waals surface area contributed by atoms with E-state index in [-0.39, 0.29) is 23.0 Å². The zero-order chi connectivity index (χ0) is 25.7. The molecule has 0 spiro atoms. The van der Waals surface area contributed by atoms with E-state index in [1.807, 2.05) is 35.2 Å². The Hall–Kier alpha value is -3.65. The molecular weight excluding hydrogens is 475 g/mol. The average Bonchev–Trinajstić information content (AvgIpc) is 3.43. The van der Waals surface area contributed by atoms with Gasteiger partial charge in [-0.15, -0.1) is 0 Å². The number of rotatable bonds is 7. The Morgan fingerprint density at radius 1 is 0.865 bits per heavy atom. The smallest absolute Gasteiger partial charge is 0.289 e. The highest BCUT2D eigenvalue weighted by molar-refractivity contribution is 5.92. The zero-order valence-electron chi connectivity index (χ0n) is 20.7.